The van der Waals surface area contributed by atoms with Crippen LogP contribution in [-0.4, -0.2) is 59.3 Å². The van der Waals surface area contributed by atoms with Crippen molar-refractivity contribution in [2.45, 2.75) is 18.4 Å². The Hall–Kier alpha value is -2.02. The third-order valence-electron chi connectivity index (χ3n) is 4.19. The van der Waals surface area contributed by atoms with Gasteiger partial charge in [0.1, 0.15) is 6.04 Å². The van der Waals surface area contributed by atoms with E-state index in [9.17, 15) is 14.4 Å². The van der Waals surface area contributed by atoms with Gasteiger partial charge in [-0.3, -0.25) is 14.4 Å². The Morgan fingerprint density at radius 2 is 2.04 bits per heavy atom. The van der Waals surface area contributed by atoms with Crippen LogP contribution in [0, 0.1) is 0 Å². The first kappa shape index (κ1) is 15.9. The van der Waals surface area contributed by atoms with Gasteiger partial charge in [-0.25, -0.2) is 0 Å². The lowest BCUT2D eigenvalue weighted by atomic mass is 9.89. The Kier molecular flexibility index (Phi) is 4.30. The van der Waals surface area contributed by atoms with E-state index in [2.05, 4.69) is 5.32 Å². The van der Waals surface area contributed by atoms with Crippen LogP contribution in [0.15, 0.2) is 24.3 Å². The van der Waals surface area contributed by atoms with Crippen LogP contribution in [0.25, 0.3) is 0 Å². The van der Waals surface area contributed by atoms with E-state index in [0.717, 1.165) is 5.56 Å². The molecular formula is C16H19N3O3S. The standard InChI is InChI=1S/C16H19N3O3S/c1-18(2)16(22)13-8-23-9-19(13)15(21)11-7-14(20)17-12-6-4-3-5-10(11)12/h3-6,11,13H,7-9H2,1-2H3,(H,17,20)/t11-,13+/m0/s1. The lowest BCUT2D eigenvalue weighted by Crippen LogP contribution is -2.49. The predicted octanol–water partition coefficient (Wildman–Crippen LogP) is 1.10. The third-order valence-corrected chi connectivity index (χ3v) is 5.20. The average molecular weight is 333 g/mol. The van der Waals surface area contributed by atoms with Crippen molar-refractivity contribution in [1.29, 1.82) is 0 Å². The van der Waals surface area contributed by atoms with Gasteiger partial charge >= 0.3 is 0 Å². The summed E-state index contributed by atoms with van der Waals surface area (Å²) in [6.45, 7) is 0. The van der Waals surface area contributed by atoms with Gasteiger partial charge in [0.05, 0.1) is 11.8 Å². The lowest BCUT2D eigenvalue weighted by molar-refractivity contribution is -0.143. The van der Waals surface area contributed by atoms with Gasteiger partial charge in [-0.1, -0.05) is 18.2 Å². The van der Waals surface area contributed by atoms with E-state index in [0.29, 0.717) is 17.3 Å². The normalized spacial score (nSPS) is 23.2. The highest BCUT2D eigenvalue weighted by Crippen LogP contribution is 2.35. The molecule has 2 atom stereocenters. The Morgan fingerprint density at radius 3 is 2.78 bits per heavy atom. The molecule has 0 aliphatic carbocycles. The minimum absolute atomic E-state index is 0.0723. The molecule has 1 aromatic carbocycles. The van der Waals surface area contributed by atoms with Crippen molar-refractivity contribution in [1.82, 2.24) is 9.80 Å². The predicted molar refractivity (Wildman–Crippen MR) is 89.1 cm³/mol. The summed E-state index contributed by atoms with van der Waals surface area (Å²) < 4.78 is 0. The number of carbonyl (C=O) groups is 3. The summed E-state index contributed by atoms with van der Waals surface area (Å²) >= 11 is 1.57. The van der Waals surface area contributed by atoms with E-state index in [1.807, 2.05) is 18.2 Å². The summed E-state index contributed by atoms with van der Waals surface area (Å²) in [6.07, 6.45) is 0.125. The van der Waals surface area contributed by atoms with E-state index in [-0.39, 0.29) is 24.1 Å². The number of likely N-dealkylation sites (N-methyl/N-ethyl adjacent to an activating group) is 1. The fourth-order valence-electron chi connectivity index (χ4n) is 2.99. The zero-order valence-electron chi connectivity index (χ0n) is 13.1. The Labute approximate surface area is 139 Å². The molecule has 0 radical (unpaired) electrons. The zero-order valence-corrected chi connectivity index (χ0v) is 13.9. The minimum atomic E-state index is -0.517. The van der Waals surface area contributed by atoms with Crippen molar-refractivity contribution in [3.63, 3.8) is 0 Å². The second-order valence-electron chi connectivity index (χ2n) is 5.95. The van der Waals surface area contributed by atoms with Gasteiger partial charge < -0.3 is 15.1 Å². The number of carbonyl (C=O) groups excluding carboxylic acids is 3. The molecule has 7 heteroatoms. The number of anilines is 1. The molecule has 122 valence electrons. The molecule has 1 fully saturated rings. The molecule has 23 heavy (non-hydrogen) atoms. The second-order valence-corrected chi connectivity index (χ2v) is 6.95. The summed E-state index contributed by atoms with van der Waals surface area (Å²) in [4.78, 5) is 40.3. The van der Waals surface area contributed by atoms with Gasteiger partial charge in [0.2, 0.25) is 17.7 Å². The average Bonchev–Trinajstić information content (AvgIpc) is 3.01. The van der Waals surface area contributed by atoms with E-state index in [4.69, 9.17) is 0 Å². The number of rotatable bonds is 2. The van der Waals surface area contributed by atoms with Gasteiger partial charge in [-0.05, 0) is 11.6 Å². The quantitative estimate of drug-likeness (QED) is 0.880. The summed E-state index contributed by atoms with van der Waals surface area (Å²) in [6, 6.07) is 6.91. The molecule has 0 unspecified atom stereocenters. The second kappa shape index (κ2) is 6.23. The molecule has 2 aliphatic rings. The minimum Gasteiger partial charge on any atom is -0.347 e. The highest BCUT2D eigenvalue weighted by molar-refractivity contribution is 7.99. The molecular weight excluding hydrogens is 314 g/mol. The van der Waals surface area contributed by atoms with E-state index in [1.165, 1.54) is 4.90 Å². The summed E-state index contributed by atoms with van der Waals surface area (Å²) in [5, 5.41) is 2.80. The summed E-state index contributed by atoms with van der Waals surface area (Å²) in [7, 11) is 3.38. The first-order chi connectivity index (χ1) is 11.0. The van der Waals surface area contributed by atoms with E-state index >= 15 is 0 Å². The fourth-order valence-corrected chi connectivity index (χ4v) is 4.15. The Morgan fingerprint density at radius 1 is 1.30 bits per heavy atom. The lowest BCUT2D eigenvalue weighted by Gasteiger charge is -2.31. The highest BCUT2D eigenvalue weighted by Gasteiger charge is 2.41. The molecule has 3 amide bonds. The van der Waals surface area contributed by atoms with Crippen LogP contribution in [-0.2, 0) is 14.4 Å². The Balaban J connectivity index is 1.88. The fraction of sp³-hybridized carbons (Fsp3) is 0.438. The van der Waals surface area contributed by atoms with E-state index < -0.39 is 12.0 Å². The third kappa shape index (κ3) is 2.93. The maximum atomic E-state index is 13.0. The van der Waals surface area contributed by atoms with Crippen LogP contribution in [0.2, 0.25) is 0 Å². The molecule has 0 bridgehead atoms. The van der Waals surface area contributed by atoms with Crippen LogP contribution in [0.3, 0.4) is 0 Å². The molecule has 1 saturated heterocycles. The number of thioether (sulfide) groups is 1. The molecule has 1 N–H and O–H groups in total. The van der Waals surface area contributed by atoms with Gasteiger partial charge in [0.25, 0.3) is 0 Å². The van der Waals surface area contributed by atoms with Crippen LogP contribution < -0.4 is 5.32 Å². The number of nitrogens with one attached hydrogen (secondary N) is 1. The topological polar surface area (TPSA) is 69.7 Å². The first-order valence-corrected chi connectivity index (χ1v) is 8.62. The number of fused-ring (bicyclic) bond motifs is 1. The molecule has 3 rings (SSSR count). The smallest absolute Gasteiger partial charge is 0.245 e. The molecule has 2 aliphatic heterocycles. The molecule has 1 aromatic rings. The maximum Gasteiger partial charge on any atom is 0.245 e. The number of hydrogen-bond acceptors (Lipinski definition) is 4. The number of amides is 3. The first-order valence-electron chi connectivity index (χ1n) is 7.47. The molecule has 0 aromatic heterocycles. The van der Waals surface area contributed by atoms with Crippen molar-refractivity contribution in [3.05, 3.63) is 29.8 Å². The van der Waals surface area contributed by atoms with Crippen molar-refractivity contribution < 1.29 is 14.4 Å². The number of nitrogens with zero attached hydrogens (tertiary/aromatic N) is 2. The van der Waals surface area contributed by atoms with Gasteiger partial charge in [0, 0.05) is 32.0 Å². The summed E-state index contributed by atoms with van der Waals surface area (Å²) in [5.41, 5.74) is 1.51. The molecule has 6 nitrogen and oxygen atoms in total. The van der Waals surface area contributed by atoms with Gasteiger partial charge in [-0.2, -0.15) is 0 Å². The van der Waals surface area contributed by atoms with Crippen LogP contribution in [0.1, 0.15) is 17.9 Å². The monoisotopic (exact) mass is 333 g/mol. The van der Waals surface area contributed by atoms with Crippen LogP contribution in [0.4, 0.5) is 5.69 Å². The maximum absolute atomic E-state index is 13.0. The van der Waals surface area contributed by atoms with Crippen molar-refractivity contribution in [3.8, 4) is 0 Å². The number of benzene rings is 1. The Bertz CT molecular complexity index is 662. The van der Waals surface area contributed by atoms with Gasteiger partial charge in [-0.15, -0.1) is 11.8 Å². The highest BCUT2D eigenvalue weighted by atomic mass is 32.2. The molecule has 0 saturated carbocycles. The SMILES string of the molecule is CN(C)C(=O)[C@H]1CSCN1C(=O)[C@H]1CC(=O)Nc2ccccc21. The number of para-hydroxylation sites is 1. The van der Waals surface area contributed by atoms with Crippen LogP contribution >= 0.6 is 11.8 Å². The number of hydrogen-bond donors (Lipinski definition) is 1. The molecule has 0 spiro atoms. The van der Waals surface area contributed by atoms with Gasteiger partial charge in [0.15, 0.2) is 0 Å². The van der Waals surface area contributed by atoms with Crippen LogP contribution in [0.5, 0.6) is 0 Å². The van der Waals surface area contributed by atoms with Crippen molar-refractivity contribution >= 4 is 35.2 Å². The van der Waals surface area contributed by atoms with Crippen molar-refractivity contribution in [2.24, 2.45) is 0 Å². The summed E-state index contributed by atoms with van der Waals surface area (Å²) in [5.74, 6) is 0.196. The largest absolute Gasteiger partial charge is 0.347 e. The van der Waals surface area contributed by atoms with Crippen molar-refractivity contribution in [2.75, 3.05) is 31.0 Å². The zero-order chi connectivity index (χ0) is 16.6. The molecule has 2 heterocycles. The van der Waals surface area contributed by atoms with E-state index in [1.54, 1.807) is 36.8 Å².